The molecule has 8 heteroatoms. The molecule has 2 heterocycles. The van der Waals surface area contributed by atoms with Crippen LogP contribution in [-0.2, 0) is 0 Å². The highest BCUT2D eigenvalue weighted by molar-refractivity contribution is 5.82. The summed E-state index contributed by atoms with van der Waals surface area (Å²) >= 11 is 0. The lowest BCUT2D eigenvalue weighted by molar-refractivity contribution is 0.414. The van der Waals surface area contributed by atoms with Gasteiger partial charge < -0.3 is 14.2 Å². The van der Waals surface area contributed by atoms with E-state index < -0.39 is 11.2 Å². The molecule has 2 aromatic heterocycles. The molecule has 32 heavy (non-hydrogen) atoms. The largest absolute Gasteiger partial charge is 0.497 e. The predicted octanol–water partition coefficient (Wildman–Crippen LogP) is 3.71. The Labute approximate surface area is 181 Å². The molecule has 158 valence electrons. The van der Waals surface area contributed by atoms with Crippen LogP contribution in [0.25, 0.3) is 39.4 Å². The van der Waals surface area contributed by atoms with Crippen molar-refractivity contribution in [2.24, 2.45) is 0 Å². The summed E-state index contributed by atoms with van der Waals surface area (Å²) in [4.78, 5) is 33.0. The van der Waals surface area contributed by atoms with Crippen molar-refractivity contribution in [1.29, 1.82) is 0 Å². The third kappa shape index (κ3) is 3.27. The Kier molecular flexibility index (Phi) is 4.67. The van der Waals surface area contributed by atoms with E-state index in [1.807, 2.05) is 31.2 Å². The number of hydrogen-bond donors (Lipinski definition) is 1. The molecule has 0 atom stereocenters. The second kappa shape index (κ2) is 7.66. The minimum atomic E-state index is -0.545. The van der Waals surface area contributed by atoms with E-state index in [1.54, 1.807) is 49.6 Å². The number of benzene rings is 3. The Morgan fingerprint density at radius 3 is 2.53 bits per heavy atom. The monoisotopic (exact) mass is 426 g/mol. The van der Waals surface area contributed by atoms with E-state index in [0.717, 1.165) is 15.7 Å². The first-order valence-electron chi connectivity index (χ1n) is 9.89. The molecule has 0 unspecified atom stereocenters. The summed E-state index contributed by atoms with van der Waals surface area (Å²) in [7, 11) is 1.55. The van der Waals surface area contributed by atoms with Crippen LogP contribution in [0.4, 0.5) is 0 Å². The Hall–Kier alpha value is -4.46. The summed E-state index contributed by atoms with van der Waals surface area (Å²) in [5, 5.41) is 4.44. The van der Waals surface area contributed by atoms with Gasteiger partial charge in [-0.25, -0.2) is 9.36 Å². The first kappa shape index (κ1) is 19.5. The smallest absolute Gasteiger partial charge is 0.333 e. The van der Waals surface area contributed by atoms with Gasteiger partial charge >= 0.3 is 5.69 Å². The maximum absolute atomic E-state index is 13.0. The van der Waals surface area contributed by atoms with Crippen molar-refractivity contribution < 1.29 is 9.26 Å². The molecule has 5 aromatic rings. The van der Waals surface area contributed by atoms with Gasteiger partial charge in [-0.2, -0.15) is 4.98 Å². The summed E-state index contributed by atoms with van der Waals surface area (Å²) in [6.45, 7) is 1.97. The minimum Gasteiger partial charge on any atom is -0.497 e. The molecule has 0 radical (unpaired) electrons. The van der Waals surface area contributed by atoms with Crippen molar-refractivity contribution in [3.8, 4) is 34.3 Å². The third-order valence-corrected chi connectivity index (χ3v) is 5.29. The summed E-state index contributed by atoms with van der Waals surface area (Å²) in [5.74, 6) is 1.40. The first-order valence-corrected chi connectivity index (χ1v) is 9.89. The lowest BCUT2D eigenvalue weighted by Crippen LogP contribution is -2.33. The number of nitrogens with zero attached hydrogens (tertiary/aromatic N) is 3. The van der Waals surface area contributed by atoms with Gasteiger partial charge in [0.15, 0.2) is 0 Å². The van der Waals surface area contributed by atoms with Gasteiger partial charge in [0.05, 0.1) is 23.7 Å². The number of hydrogen-bond acceptors (Lipinski definition) is 6. The van der Waals surface area contributed by atoms with Gasteiger partial charge in [-0.15, -0.1) is 0 Å². The maximum atomic E-state index is 13.0. The normalized spacial score (nSPS) is 11.1. The van der Waals surface area contributed by atoms with E-state index in [1.165, 1.54) is 0 Å². The molecule has 0 saturated carbocycles. The van der Waals surface area contributed by atoms with Crippen LogP contribution >= 0.6 is 0 Å². The zero-order valence-electron chi connectivity index (χ0n) is 17.3. The second-order valence-corrected chi connectivity index (χ2v) is 7.27. The molecule has 0 aliphatic carbocycles. The highest BCUT2D eigenvalue weighted by Gasteiger charge is 2.15. The predicted molar refractivity (Wildman–Crippen MR) is 120 cm³/mol. The van der Waals surface area contributed by atoms with Crippen LogP contribution in [0.2, 0.25) is 0 Å². The van der Waals surface area contributed by atoms with Crippen LogP contribution < -0.4 is 16.0 Å². The Bertz CT molecular complexity index is 1560. The number of fused-ring (bicyclic) bond motifs is 1. The molecule has 0 aliphatic heterocycles. The van der Waals surface area contributed by atoms with Crippen molar-refractivity contribution in [2.45, 2.75) is 6.92 Å². The van der Waals surface area contributed by atoms with Crippen molar-refractivity contribution in [3.63, 3.8) is 0 Å². The summed E-state index contributed by atoms with van der Waals surface area (Å²) < 4.78 is 11.7. The molecule has 0 aliphatic rings. The van der Waals surface area contributed by atoms with Gasteiger partial charge in [-0.3, -0.25) is 4.79 Å². The molecule has 5 rings (SSSR count). The van der Waals surface area contributed by atoms with E-state index in [-0.39, 0.29) is 0 Å². The number of nitrogens with one attached hydrogen (secondary N) is 1. The summed E-state index contributed by atoms with van der Waals surface area (Å²) in [6.07, 6.45) is 0. The molecule has 0 fully saturated rings. The average Bonchev–Trinajstić information content (AvgIpc) is 3.29. The number of H-pyrrole nitrogens is 1. The number of aromatic amines is 1. The summed E-state index contributed by atoms with van der Waals surface area (Å²) in [6, 6.07) is 19.4. The maximum Gasteiger partial charge on any atom is 0.333 e. The van der Waals surface area contributed by atoms with Crippen LogP contribution in [0.3, 0.4) is 0 Å². The van der Waals surface area contributed by atoms with E-state index in [2.05, 4.69) is 15.1 Å². The summed E-state index contributed by atoms with van der Waals surface area (Å²) in [5.41, 5.74) is 2.37. The van der Waals surface area contributed by atoms with Gasteiger partial charge in [0.25, 0.3) is 11.4 Å². The average molecular weight is 426 g/mol. The third-order valence-electron chi connectivity index (χ3n) is 5.29. The molecule has 8 nitrogen and oxygen atoms in total. The Morgan fingerprint density at radius 2 is 1.78 bits per heavy atom. The Balaban J connectivity index is 1.58. The highest BCUT2D eigenvalue weighted by Crippen LogP contribution is 2.25. The molecular weight excluding hydrogens is 408 g/mol. The fourth-order valence-electron chi connectivity index (χ4n) is 3.59. The van der Waals surface area contributed by atoms with Gasteiger partial charge in [0.1, 0.15) is 5.75 Å². The second-order valence-electron chi connectivity index (χ2n) is 7.27. The van der Waals surface area contributed by atoms with E-state index >= 15 is 0 Å². The van der Waals surface area contributed by atoms with Crippen LogP contribution in [-0.4, -0.2) is 26.8 Å². The number of aromatic nitrogens is 4. The SMILES string of the molecule is COc1ccc(-n2c(=O)[nH]c3cc(-c4nc(-c5ccccc5C)no4)ccc3c2=O)cc1. The number of aryl methyl sites for hydroxylation is 1. The Morgan fingerprint density at radius 1 is 1.00 bits per heavy atom. The van der Waals surface area contributed by atoms with E-state index in [0.29, 0.717) is 39.6 Å². The standard InChI is InChI=1S/C24H18N4O4/c1-14-5-3-4-6-18(14)21-26-22(32-27-21)15-7-12-19-20(13-15)25-24(30)28(23(19)29)16-8-10-17(31-2)11-9-16/h3-13H,1-2H3,(H,25,30). The van der Waals surface area contributed by atoms with Gasteiger partial charge in [0, 0.05) is 11.1 Å². The molecular formula is C24H18N4O4. The van der Waals surface area contributed by atoms with Crippen molar-refractivity contribution in [2.75, 3.05) is 7.11 Å². The van der Waals surface area contributed by atoms with E-state index in [9.17, 15) is 9.59 Å². The molecule has 0 saturated heterocycles. The lowest BCUT2D eigenvalue weighted by Gasteiger charge is -2.08. The zero-order valence-corrected chi connectivity index (χ0v) is 17.3. The lowest BCUT2D eigenvalue weighted by atomic mass is 10.1. The topological polar surface area (TPSA) is 103 Å². The number of rotatable bonds is 4. The number of ether oxygens (including phenoxy) is 1. The van der Waals surface area contributed by atoms with E-state index in [4.69, 9.17) is 9.26 Å². The molecule has 0 spiro atoms. The zero-order chi connectivity index (χ0) is 22.2. The van der Waals surface area contributed by atoms with Crippen molar-refractivity contribution in [3.05, 3.63) is 93.1 Å². The van der Waals surface area contributed by atoms with Crippen LogP contribution in [0.1, 0.15) is 5.56 Å². The molecule has 3 aromatic carbocycles. The van der Waals surface area contributed by atoms with Crippen molar-refractivity contribution in [1.82, 2.24) is 19.7 Å². The first-order chi connectivity index (χ1) is 15.5. The van der Waals surface area contributed by atoms with Gasteiger partial charge in [-0.05, 0) is 55.0 Å². The van der Waals surface area contributed by atoms with Gasteiger partial charge in [0.2, 0.25) is 5.82 Å². The fraction of sp³-hybridized carbons (Fsp3) is 0.0833. The highest BCUT2D eigenvalue weighted by atomic mass is 16.5. The van der Waals surface area contributed by atoms with Crippen LogP contribution in [0.5, 0.6) is 5.75 Å². The molecule has 0 amide bonds. The van der Waals surface area contributed by atoms with Crippen LogP contribution in [0.15, 0.2) is 80.8 Å². The molecule has 1 N–H and O–H groups in total. The van der Waals surface area contributed by atoms with Gasteiger partial charge in [-0.1, -0.05) is 29.4 Å². The molecule has 0 bridgehead atoms. The fourth-order valence-corrected chi connectivity index (χ4v) is 3.59. The van der Waals surface area contributed by atoms with Crippen LogP contribution in [0, 0.1) is 6.92 Å². The number of methoxy groups -OCH3 is 1. The minimum absolute atomic E-state index is 0.297. The quantitative estimate of drug-likeness (QED) is 0.470. The van der Waals surface area contributed by atoms with Crippen molar-refractivity contribution >= 4 is 10.9 Å².